The molecule has 1 aliphatic heterocycles. The summed E-state index contributed by atoms with van der Waals surface area (Å²) in [4.78, 5) is 2.37. The van der Waals surface area contributed by atoms with Gasteiger partial charge in [-0.2, -0.15) is 0 Å². The van der Waals surface area contributed by atoms with E-state index in [0.717, 1.165) is 25.2 Å². The normalized spacial score (nSPS) is 22.7. The highest BCUT2D eigenvalue weighted by Gasteiger charge is 2.26. The van der Waals surface area contributed by atoms with Gasteiger partial charge in [-0.1, -0.05) is 36.4 Å². The Bertz CT molecular complexity index is 630. The Morgan fingerprint density at radius 3 is 2.59 bits per heavy atom. The van der Waals surface area contributed by atoms with E-state index >= 15 is 0 Å². The van der Waals surface area contributed by atoms with Crippen LogP contribution in [0.3, 0.4) is 0 Å². The van der Waals surface area contributed by atoms with Crippen molar-refractivity contribution in [2.75, 3.05) is 13.1 Å². The molecule has 4 heteroatoms. The molecule has 0 aliphatic carbocycles. The molecule has 0 amide bonds. The van der Waals surface area contributed by atoms with Gasteiger partial charge >= 0.3 is 0 Å². The average molecular weight is 302 g/mol. The maximum absolute atomic E-state index is 13.4. The molecule has 116 valence electrons. The lowest BCUT2D eigenvalue weighted by molar-refractivity contribution is 0.133. The minimum Gasteiger partial charge on any atom is -0.307 e. The molecule has 2 aromatic rings. The zero-order valence-electron chi connectivity index (χ0n) is 12.6. The molecule has 1 heterocycles. The lowest BCUT2D eigenvalue weighted by Gasteiger charge is -2.39. The van der Waals surface area contributed by atoms with E-state index in [9.17, 15) is 8.78 Å². The van der Waals surface area contributed by atoms with Crippen molar-refractivity contribution >= 4 is 0 Å². The highest BCUT2D eigenvalue weighted by molar-refractivity contribution is 5.23. The number of hydrogen-bond donors (Lipinski definition) is 1. The van der Waals surface area contributed by atoms with Gasteiger partial charge in [-0.05, 0) is 30.2 Å². The summed E-state index contributed by atoms with van der Waals surface area (Å²) < 4.78 is 26.5. The SMILES string of the molecule is C[C@@H]1CNC(c2ccc(F)c(F)c2)CN1Cc1ccccc1. The fourth-order valence-electron chi connectivity index (χ4n) is 2.91. The van der Waals surface area contributed by atoms with Crippen molar-refractivity contribution in [2.45, 2.75) is 25.6 Å². The lowest BCUT2D eigenvalue weighted by atomic mass is 10.0. The van der Waals surface area contributed by atoms with Gasteiger partial charge in [0.25, 0.3) is 0 Å². The molecule has 0 bridgehead atoms. The smallest absolute Gasteiger partial charge is 0.159 e. The van der Waals surface area contributed by atoms with E-state index in [1.165, 1.54) is 17.7 Å². The molecular formula is C18H20F2N2. The van der Waals surface area contributed by atoms with E-state index in [0.29, 0.717) is 6.04 Å². The van der Waals surface area contributed by atoms with Gasteiger partial charge in [0.2, 0.25) is 0 Å². The van der Waals surface area contributed by atoms with Crippen LogP contribution < -0.4 is 5.32 Å². The predicted octanol–water partition coefficient (Wildman–Crippen LogP) is 3.50. The maximum Gasteiger partial charge on any atom is 0.159 e. The quantitative estimate of drug-likeness (QED) is 0.933. The second kappa shape index (κ2) is 6.55. The van der Waals surface area contributed by atoms with Crippen molar-refractivity contribution in [2.24, 2.45) is 0 Å². The summed E-state index contributed by atoms with van der Waals surface area (Å²) >= 11 is 0. The second-order valence-electron chi connectivity index (χ2n) is 5.90. The molecule has 2 aromatic carbocycles. The molecular weight excluding hydrogens is 282 g/mol. The Morgan fingerprint density at radius 1 is 1.09 bits per heavy atom. The van der Waals surface area contributed by atoms with Crippen LogP contribution in [0.5, 0.6) is 0 Å². The number of nitrogens with zero attached hydrogens (tertiary/aromatic N) is 1. The lowest BCUT2D eigenvalue weighted by Crippen LogP contribution is -2.50. The first kappa shape index (κ1) is 15.1. The third kappa shape index (κ3) is 3.34. The molecule has 0 radical (unpaired) electrons. The highest BCUT2D eigenvalue weighted by atomic mass is 19.2. The molecule has 3 rings (SSSR count). The first-order valence-electron chi connectivity index (χ1n) is 7.60. The summed E-state index contributed by atoms with van der Waals surface area (Å²) in [6.45, 7) is 4.65. The van der Waals surface area contributed by atoms with E-state index in [-0.39, 0.29) is 6.04 Å². The minimum atomic E-state index is -0.797. The van der Waals surface area contributed by atoms with Crippen LogP contribution in [0, 0.1) is 11.6 Å². The summed E-state index contributed by atoms with van der Waals surface area (Å²) in [5.41, 5.74) is 2.06. The second-order valence-corrected chi connectivity index (χ2v) is 5.90. The number of piperazine rings is 1. The molecule has 1 unspecified atom stereocenters. The largest absolute Gasteiger partial charge is 0.307 e. The summed E-state index contributed by atoms with van der Waals surface area (Å²) in [6, 6.07) is 14.9. The highest BCUT2D eigenvalue weighted by Crippen LogP contribution is 2.23. The van der Waals surface area contributed by atoms with E-state index in [2.05, 4.69) is 29.3 Å². The third-order valence-electron chi connectivity index (χ3n) is 4.27. The first-order valence-corrected chi connectivity index (χ1v) is 7.60. The summed E-state index contributed by atoms with van der Waals surface area (Å²) in [7, 11) is 0. The van der Waals surface area contributed by atoms with Gasteiger partial charge < -0.3 is 5.32 Å². The van der Waals surface area contributed by atoms with Gasteiger partial charge in [0, 0.05) is 31.7 Å². The van der Waals surface area contributed by atoms with Gasteiger partial charge in [0.1, 0.15) is 0 Å². The molecule has 1 N–H and O–H groups in total. The Hall–Kier alpha value is -1.78. The summed E-state index contributed by atoms with van der Waals surface area (Å²) in [6.07, 6.45) is 0. The fraction of sp³-hybridized carbons (Fsp3) is 0.333. The Morgan fingerprint density at radius 2 is 1.86 bits per heavy atom. The molecule has 1 aliphatic rings. The third-order valence-corrected chi connectivity index (χ3v) is 4.27. The molecule has 1 fully saturated rings. The number of nitrogens with one attached hydrogen (secondary N) is 1. The molecule has 0 aromatic heterocycles. The topological polar surface area (TPSA) is 15.3 Å². The van der Waals surface area contributed by atoms with Gasteiger partial charge in [0.15, 0.2) is 11.6 Å². The van der Waals surface area contributed by atoms with Gasteiger partial charge in [-0.3, -0.25) is 4.90 Å². The minimum absolute atomic E-state index is 0.0232. The molecule has 0 saturated carbocycles. The Kier molecular flexibility index (Phi) is 4.50. The van der Waals surface area contributed by atoms with E-state index in [4.69, 9.17) is 0 Å². The average Bonchev–Trinajstić information content (AvgIpc) is 2.53. The summed E-state index contributed by atoms with van der Waals surface area (Å²) in [5, 5.41) is 3.42. The molecule has 22 heavy (non-hydrogen) atoms. The van der Waals surface area contributed by atoms with Gasteiger partial charge in [-0.15, -0.1) is 0 Å². The molecule has 2 atom stereocenters. The van der Waals surface area contributed by atoms with Crippen molar-refractivity contribution in [1.82, 2.24) is 10.2 Å². The van der Waals surface area contributed by atoms with E-state index in [1.807, 2.05) is 18.2 Å². The molecule has 1 saturated heterocycles. The fourth-order valence-corrected chi connectivity index (χ4v) is 2.91. The van der Waals surface area contributed by atoms with Crippen molar-refractivity contribution in [3.63, 3.8) is 0 Å². The Balaban J connectivity index is 1.74. The van der Waals surface area contributed by atoms with E-state index in [1.54, 1.807) is 6.07 Å². The molecule has 0 spiro atoms. The zero-order chi connectivity index (χ0) is 15.5. The van der Waals surface area contributed by atoms with Crippen LogP contribution in [-0.2, 0) is 6.54 Å². The van der Waals surface area contributed by atoms with Crippen LogP contribution >= 0.6 is 0 Å². The number of hydrogen-bond acceptors (Lipinski definition) is 2. The predicted molar refractivity (Wildman–Crippen MR) is 83.4 cm³/mol. The van der Waals surface area contributed by atoms with Gasteiger partial charge in [0.05, 0.1) is 0 Å². The number of benzene rings is 2. The standard InChI is InChI=1S/C18H20F2N2/c1-13-10-21-18(15-7-8-16(19)17(20)9-15)12-22(13)11-14-5-3-2-4-6-14/h2-9,13,18,21H,10-12H2,1H3/t13-,18?/m1/s1. The van der Waals surface area contributed by atoms with Crippen molar-refractivity contribution in [3.05, 3.63) is 71.3 Å². The van der Waals surface area contributed by atoms with E-state index < -0.39 is 11.6 Å². The maximum atomic E-state index is 13.4. The van der Waals surface area contributed by atoms with Crippen molar-refractivity contribution < 1.29 is 8.78 Å². The van der Waals surface area contributed by atoms with Crippen LogP contribution in [0.2, 0.25) is 0 Å². The number of rotatable bonds is 3. The summed E-state index contributed by atoms with van der Waals surface area (Å²) in [5.74, 6) is -1.58. The zero-order valence-corrected chi connectivity index (χ0v) is 12.6. The molecule has 2 nitrogen and oxygen atoms in total. The number of halogens is 2. The first-order chi connectivity index (χ1) is 10.6. The monoisotopic (exact) mass is 302 g/mol. The van der Waals surface area contributed by atoms with Crippen LogP contribution in [-0.4, -0.2) is 24.0 Å². The van der Waals surface area contributed by atoms with Crippen LogP contribution in [0.15, 0.2) is 48.5 Å². The van der Waals surface area contributed by atoms with Crippen molar-refractivity contribution in [3.8, 4) is 0 Å². The van der Waals surface area contributed by atoms with Crippen LogP contribution in [0.25, 0.3) is 0 Å². The van der Waals surface area contributed by atoms with Gasteiger partial charge in [-0.25, -0.2) is 8.78 Å². The van der Waals surface area contributed by atoms with Crippen LogP contribution in [0.4, 0.5) is 8.78 Å². The Labute approximate surface area is 129 Å². The van der Waals surface area contributed by atoms with Crippen molar-refractivity contribution in [1.29, 1.82) is 0 Å². The van der Waals surface area contributed by atoms with Crippen LogP contribution in [0.1, 0.15) is 24.1 Å².